The Hall–Kier alpha value is -2.36. The Kier molecular flexibility index (Phi) is 3.60. The zero-order valence-electron chi connectivity index (χ0n) is 11.8. The number of fused-ring (bicyclic) bond motifs is 1. The van der Waals surface area contributed by atoms with E-state index < -0.39 is 0 Å². The summed E-state index contributed by atoms with van der Waals surface area (Å²) in [5, 5.41) is 6.06. The molecule has 0 fully saturated rings. The second kappa shape index (κ2) is 5.56. The number of benzene rings is 2. The van der Waals surface area contributed by atoms with E-state index in [0.29, 0.717) is 18.5 Å². The van der Waals surface area contributed by atoms with Crippen LogP contribution >= 0.6 is 0 Å². The largest absolute Gasteiger partial charge is 0.373 e. The molecular formula is C17H17FN2O. The summed E-state index contributed by atoms with van der Waals surface area (Å²) in [5.74, 6) is -0.305. The van der Waals surface area contributed by atoms with Crippen molar-refractivity contribution in [3.8, 4) is 0 Å². The summed E-state index contributed by atoms with van der Waals surface area (Å²) in [7, 11) is 0. The molecular weight excluding hydrogens is 267 g/mol. The Morgan fingerprint density at radius 3 is 2.90 bits per heavy atom. The molecule has 1 aliphatic rings. The number of carbonyl (C=O) groups is 1. The average molecular weight is 284 g/mol. The van der Waals surface area contributed by atoms with Gasteiger partial charge in [0.05, 0.1) is 0 Å². The molecule has 0 radical (unpaired) electrons. The number of amides is 1. The number of hydrogen-bond donors (Lipinski definition) is 2. The molecule has 0 saturated carbocycles. The first-order valence-electron chi connectivity index (χ1n) is 7.00. The predicted molar refractivity (Wildman–Crippen MR) is 80.5 cm³/mol. The summed E-state index contributed by atoms with van der Waals surface area (Å²) >= 11 is 0. The first-order valence-corrected chi connectivity index (χ1v) is 7.00. The number of carbonyl (C=O) groups excluding carboxylic acids is 1. The fourth-order valence-corrected chi connectivity index (χ4v) is 2.51. The van der Waals surface area contributed by atoms with Crippen LogP contribution in [0.4, 0.5) is 10.1 Å². The molecule has 1 aliphatic heterocycles. The van der Waals surface area contributed by atoms with Gasteiger partial charge in [0.15, 0.2) is 0 Å². The summed E-state index contributed by atoms with van der Waals surface area (Å²) < 4.78 is 13.5. The van der Waals surface area contributed by atoms with Gasteiger partial charge in [-0.3, -0.25) is 4.79 Å². The zero-order chi connectivity index (χ0) is 14.8. The van der Waals surface area contributed by atoms with E-state index in [1.165, 1.54) is 6.07 Å². The van der Waals surface area contributed by atoms with Crippen LogP contribution in [0.3, 0.4) is 0 Å². The summed E-state index contributed by atoms with van der Waals surface area (Å²) in [6, 6.07) is 12.7. The molecule has 1 heterocycles. The predicted octanol–water partition coefficient (Wildman–Crippen LogP) is 2.79. The molecule has 108 valence electrons. The van der Waals surface area contributed by atoms with Crippen molar-refractivity contribution >= 4 is 11.6 Å². The van der Waals surface area contributed by atoms with Crippen molar-refractivity contribution < 1.29 is 9.18 Å². The quantitative estimate of drug-likeness (QED) is 0.910. The van der Waals surface area contributed by atoms with Gasteiger partial charge in [0, 0.05) is 18.7 Å². The molecule has 4 heteroatoms. The molecule has 2 aromatic carbocycles. The molecule has 3 rings (SSSR count). The SMILES string of the molecule is Cc1ccc(CNC(=O)[C@@H]2Cc3ccccc3N2)cc1F. The van der Waals surface area contributed by atoms with Gasteiger partial charge in [0.25, 0.3) is 0 Å². The Bertz CT molecular complexity index is 659. The molecule has 2 N–H and O–H groups in total. The highest BCUT2D eigenvalue weighted by molar-refractivity contribution is 5.87. The maximum Gasteiger partial charge on any atom is 0.243 e. The van der Waals surface area contributed by atoms with Crippen LogP contribution in [0.25, 0.3) is 0 Å². The number of halogens is 1. The van der Waals surface area contributed by atoms with Crippen molar-refractivity contribution in [3.63, 3.8) is 0 Å². The standard InChI is InChI=1S/C17H17FN2O/c1-11-6-7-12(8-14(11)18)10-19-17(21)16-9-13-4-2-3-5-15(13)20-16/h2-8,16,20H,9-10H2,1H3,(H,19,21)/t16-/m0/s1. The molecule has 0 unspecified atom stereocenters. The lowest BCUT2D eigenvalue weighted by molar-refractivity contribution is -0.121. The first-order chi connectivity index (χ1) is 10.1. The third-order valence-electron chi connectivity index (χ3n) is 3.79. The highest BCUT2D eigenvalue weighted by Crippen LogP contribution is 2.25. The Morgan fingerprint density at radius 2 is 2.14 bits per heavy atom. The summed E-state index contributed by atoms with van der Waals surface area (Å²) in [4.78, 5) is 12.2. The van der Waals surface area contributed by atoms with Crippen molar-refractivity contribution in [3.05, 3.63) is 65.0 Å². The van der Waals surface area contributed by atoms with Gasteiger partial charge >= 0.3 is 0 Å². The Labute approximate surface area is 123 Å². The zero-order valence-corrected chi connectivity index (χ0v) is 11.8. The Morgan fingerprint density at radius 1 is 1.33 bits per heavy atom. The van der Waals surface area contributed by atoms with E-state index in [-0.39, 0.29) is 17.8 Å². The van der Waals surface area contributed by atoms with Crippen LogP contribution in [0.2, 0.25) is 0 Å². The van der Waals surface area contributed by atoms with Crippen LogP contribution in [0.5, 0.6) is 0 Å². The summed E-state index contributed by atoms with van der Waals surface area (Å²) in [6.07, 6.45) is 0.685. The van der Waals surface area contributed by atoms with Crippen molar-refractivity contribution in [2.45, 2.75) is 25.9 Å². The number of nitrogens with one attached hydrogen (secondary N) is 2. The van der Waals surface area contributed by atoms with Gasteiger partial charge in [0.2, 0.25) is 5.91 Å². The van der Waals surface area contributed by atoms with E-state index in [1.807, 2.05) is 30.3 Å². The van der Waals surface area contributed by atoms with Crippen LogP contribution in [-0.4, -0.2) is 11.9 Å². The molecule has 0 saturated heterocycles. The summed E-state index contributed by atoms with van der Waals surface area (Å²) in [6.45, 7) is 2.06. The monoisotopic (exact) mass is 284 g/mol. The normalized spacial score (nSPS) is 16.2. The molecule has 0 aliphatic carbocycles. The van der Waals surface area contributed by atoms with Crippen molar-refractivity contribution in [2.75, 3.05) is 5.32 Å². The maximum atomic E-state index is 13.5. The van der Waals surface area contributed by atoms with Gasteiger partial charge in [-0.25, -0.2) is 4.39 Å². The van der Waals surface area contributed by atoms with Gasteiger partial charge < -0.3 is 10.6 Å². The van der Waals surface area contributed by atoms with Crippen molar-refractivity contribution in [1.82, 2.24) is 5.32 Å². The number of rotatable bonds is 3. The van der Waals surface area contributed by atoms with E-state index >= 15 is 0 Å². The fourth-order valence-electron chi connectivity index (χ4n) is 2.51. The number of para-hydroxylation sites is 1. The highest BCUT2D eigenvalue weighted by atomic mass is 19.1. The van der Waals surface area contributed by atoms with E-state index in [2.05, 4.69) is 10.6 Å². The van der Waals surface area contributed by atoms with E-state index in [0.717, 1.165) is 16.8 Å². The van der Waals surface area contributed by atoms with Gasteiger partial charge in [-0.15, -0.1) is 0 Å². The topological polar surface area (TPSA) is 41.1 Å². The minimum Gasteiger partial charge on any atom is -0.373 e. The van der Waals surface area contributed by atoms with Crippen LogP contribution in [0.1, 0.15) is 16.7 Å². The molecule has 0 bridgehead atoms. The number of anilines is 1. The summed E-state index contributed by atoms with van der Waals surface area (Å²) in [5.41, 5.74) is 3.54. The molecule has 1 atom stereocenters. The van der Waals surface area contributed by atoms with Crippen LogP contribution in [0, 0.1) is 12.7 Å². The molecule has 21 heavy (non-hydrogen) atoms. The van der Waals surface area contributed by atoms with Gasteiger partial charge in [-0.05, 0) is 35.7 Å². The van der Waals surface area contributed by atoms with E-state index in [4.69, 9.17) is 0 Å². The average Bonchev–Trinajstić information content (AvgIpc) is 2.92. The Balaban J connectivity index is 1.59. The molecule has 3 nitrogen and oxygen atoms in total. The fraction of sp³-hybridized carbons (Fsp3) is 0.235. The van der Waals surface area contributed by atoms with Crippen molar-refractivity contribution in [1.29, 1.82) is 0 Å². The van der Waals surface area contributed by atoms with Crippen LogP contribution in [-0.2, 0) is 17.8 Å². The minimum atomic E-state index is -0.252. The van der Waals surface area contributed by atoms with Gasteiger partial charge in [-0.2, -0.15) is 0 Å². The molecule has 2 aromatic rings. The maximum absolute atomic E-state index is 13.5. The van der Waals surface area contributed by atoms with Gasteiger partial charge in [-0.1, -0.05) is 30.3 Å². The molecule has 0 spiro atoms. The second-order valence-corrected chi connectivity index (χ2v) is 5.36. The van der Waals surface area contributed by atoms with Crippen molar-refractivity contribution in [2.24, 2.45) is 0 Å². The molecule has 0 aromatic heterocycles. The third kappa shape index (κ3) is 2.89. The lowest BCUT2D eigenvalue weighted by atomic mass is 10.1. The first kappa shape index (κ1) is 13.6. The van der Waals surface area contributed by atoms with E-state index in [9.17, 15) is 9.18 Å². The van der Waals surface area contributed by atoms with Crippen LogP contribution < -0.4 is 10.6 Å². The highest BCUT2D eigenvalue weighted by Gasteiger charge is 2.25. The molecule has 1 amide bonds. The minimum absolute atomic E-state index is 0.0628. The third-order valence-corrected chi connectivity index (χ3v) is 3.79. The lowest BCUT2D eigenvalue weighted by Gasteiger charge is -2.12. The lowest BCUT2D eigenvalue weighted by Crippen LogP contribution is -2.38. The van der Waals surface area contributed by atoms with Gasteiger partial charge in [0.1, 0.15) is 11.9 Å². The number of hydrogen-bond acceptors (Lipinski definition) is 2. The second-order valence-electron chi connectivity index (χ2n) is 5.36. The smallest absolute Gasteiger partial charge is 0.243 e. The van der Waals surface area contributed by atoms with E-state index in [1.54, 1.807) is 13.0 Å². The number of aryl methyl sites for hydroxylation is 1. The van der Waals surface area contributed by atoms with Crippen LogP contribution in [0.15, 0.2) is 42.5 Å².